The van der Waals surface area contributed by atoms with Crippen LogP contribution in [0.15, 0.2) is 53.4 Å². The number of rotatable bonds is 7. The predicted octanol–water partition coefficient (Wildman–Crippen LogP) is 4.41. The Balaban J connectivity index is 1.39. The molecular formula is C32H34N2O7S. The van der Waals surface area contributed by atoms with Crippen LogP contribution in [0.3, 0.4) is 0 Å². The zero-order valence-electron chi connectivity index (χ0n) is 24.2. The molecule has 0 bridgehead atoms. The van der Waals surface area contributed by atoms with Crippen LogP contribution in [0.4, 0.5) is 4.79 Å². The summed E-state index contributed by atoms with van der Waals surface area (Å²) >= 11 is 0. The smallest absolute Gasteiger partial charge is 0.407 e. The Morgan fingerprint density at radius 2 is 1.55 bits per heavy atom. The number of ether oxygens (including phenoxy) is 2. The SMILES string of the molecule is Cc1c(C)c(S(=O)(=O)C(=O)[C@H](CC(N)=O)NC(=O)OCC2c3ccccc3-c3ccccc32)c(C)c2c1OC(C)(C)C2. The van der Waals surface area contributed by atoms with Gasteiger partial charge in [0.25, 0.3) is 5.12 Å². The number of nitrogens with two attached hydrogens (primary N) is 1. The molecule has 1 aliphatic heterocycles. The lowest BCUT2D eigenvalue weighted by atomic mass is 9.94. The van der Waals surface area contributed by atoms with Crippen LogP contribution in [-0.4, -0.2) is 43.8 Å². The molecule has 3 N–H and O–H groups in total. The molecule has 0 unspecified atom stereocenters. The van der Waals surface area contributed by atoms with E-state index < -0.39 is 45.0 Å². The van der Waals surface area contributed by atoms with E-state index in [1.54, 1.807) is 20.8 Å². The van der Waals surface area contributed by atoms with E-state index in [2.05, 4.69) is 5.32 Å². The summed E-state index contributed by atoms with van der Waals surface area (Å²) in [7, 11) is -4.66. The fourth-order valence-corrected chi connectivity index (χ4v) is 7.91. The van der Waals surface area contributed by atoms with Crippen molar-refractivity contribution in [3.63, 3.8) is 0 Å². The molecule has 1 aliphatic carbocycles. The van der Waals surface area contributed by atoms with E-state index in [1.807, 2.05) is 62.4 Å². The summed E-state index contributed by atoms with van der Waals surface area (Å²) in [4.78, 5) is 38.3. The topological polar surface area (TPSA) is 142 Å². The van der Waals surface area contributed by atoms with Crippen molar-refractivity contribution in [2.24, 2.45) is 5.73 Å². The minimum absolute atomic E-state index is 0.0535. The normalized spacial score (nSPS) is 15.6. The molecule has 220 valence electrons. The lowest BCUT2D eigenvalue weighted by Gasteiger charge is -2.21. The number of carbonyl (C=O) groups is 3. The predicted molar refractivity (Wildman–Crippen MR) is 157 cm³/mol. The van der Waals surface area contributed by atoms with Crippen LogP contribution in [0.5, 0.6) is 5.75 Å². The summed E-state index contributed by atoms with van der Waals surface area (Å²) < 4.78 is 39.2. The molecule has 10 heteroatoms. The van der Waals surface area contributed by atoms with Gasteiger partial charge in [-0.15, -0.1) is 0 Å². The van der Waals surface area contributed by atoms with Crippen LogP contribution in [-0.2, 0) is 30.6 Å². The van der Waals surface area contributed by atoms with Gasteiger partial charge in [0, 0.05) is 17.9 Å². The van der Waals surface area contributed by atoms with Gasteiger partial charge in [-0.3, -0.25) is 9.59 Å². The summed E-state index contributed by atoms with van der Waals surface area (Å²) in [5, 5.41) is 0.965. The van der Waals surface area contributed by atoms with Crippen molar-refractivity contribution in [1.29, 1.82) is 0 Å². The van der Waals surface area contributed by atoms with Crippen LogP contribution in [0.2, 0.25) is 0 Å². The van der Waals surface area contributed by atoms with Gasteiger partial charge in [0.05, 0.1) is 11.3 Å². The standard InChI is InChI=1S/C32H34N2O7S/c1-17-18(2)29(19(3)24-15-32(4,5)41-28(17)24)42(38,39)30(36)26(14-27(33)35)34-31(37)40-16-25-22-12-8-6-10-20(22)21-11-7-9-13-23(21)25/h6-13,25-26H,14-16H2,1-5H3,(H2,33,35)(H,34,37)/t26-/m0/s1. The molecule has 42 heavy (non-hydrogen) atoms. The average Bonchev–Trinajstić information content (AvgIpc) is 3.43. The molecule has 2 amide bonds. The second-order valence-electron chi connectivity index (χ2n) is 11.6. The zero-order chi connectivity index (χ0) is 30.6. The number of primary amides is 1. The van der Waals surface area contributed by atoms with Crippen molar-refractivity contribution in [3.8, 4) is 16.9 Å². The van der Waals surface area contributed by atoms with Crippen LogP contribution < -0.4 is 15.8 Å². The zero-order valence-corrected chi connectivity index (χ0v) is 25.1. The summed E-state index contributed by atoms with van der Waals surface area (Å²) in [5.74, 6) is -0.577. The highest BCUT2D eigenvalue weighted by Gasteiger charge is 2.41. The fraction of sp³-hybridized carbons (Fsp3) is 0.344. The van der Waals surface area contributed by atoms with Crippen molar-refractivity contribution >= 4 is 27.0 Å². The molecular weight excluding hydrogens is 556 g/mol. The third-order valence-electron chi connectivity index (χ3n) is 8.15. The summed E-state index contributed by atoms with van der Waals surface area (Å²) in [6.07, 6.45) is -1.27. The highest BCUT2D eigenvalue weighted by atomic mass is 32.2. The maximum atomic E-state index is 13.8. The number of carbonyl (C=O) groups excluding carboxylic acids is 3. The van der Waals surface area contributed by atoms with Gasteiger partial charge in [0.2, 0.25) is 15.7 Å². The summed E-state index contributed by atoms with van der Waals surface area (Å²) in [6, 6.07) is 13.9. The Morgan fingerprint density at radius 1 is 0.976 bits per heavy atom. The number of sulfone groups is 1. The second-order valence-corrected chi connectivity index (χ2v) is 13.4. The molecule has 2 aliphatic rings. The van der Waals surface area contributed by atoms with Gasteiger partial charge in [-0.1, -0.05) is 48.5 Å². The third-order valence-corrected chi connectivity index (χ3v) is 10.1. The molecule has 0 radical (unpaired) electrons. The quantitative estimate of drug-likeness (QED) is 0.415. The van der Waals surface area contributed by atoms with E-state index >= 15 is 0 Å². The molecule has 1 heterocycles. The van der Waals surface area contributed by atoms with Gasteiger partial charge in [0.1, 0.15) is 24.0 Å². The van der Waals surface area contributed by atoms with Gasteiger partial charge in [0.15, 0.2) is 0 Å². The molecule has 3 aromatic rings. The van der Waals surface area contributed by atoms with E-state index in [-0.39, 0.29) is 17.4 Å². The first-order valence-corrected chi connectivity index (χ1v) is 15.2. The lowest BCUT2D eigenvalue weighted by Crippen LogP contribution is -2.46. The van der Waals surface area contributed by atoms with Gasteiger partial charge < -0.3 is 20.5 Å². The van der Waals surface area contributed by atoms with Crippen molar-refractivity contribution < 1.29 is 32.3 Å². The van der Waals surface area contributed by atoms with Crippen LogP contribution in [0, 0.1) is 20.8 Å². The Hall–Kier alpha value is -4.18. The highest BCUT2D eigenvalue weighted by Crippen LogP contribution is 2.45. The molecule has 0 fully saturated rings. The van der Waals surface area contributed by atoms with E-state index in [0.717, 1.165) is 22.3 Å². The van der Waals surface area contributed by atoms with Crippen molar-refractivity contribution in [3.05, 3.63) is 81.9 Å². The molecule has 0 spiro atoms. The van der Waals surface area contributed by atoms with E-state index in [1.165, 1.54) is 0 Å². The number of benzene rings is 3. The minimum Gasteiger partial charge on any atom is -0.487 e. The van der Waals surface area contributed by atoms with Gasteiger partial charge in [-0.05, 0) is 73.6 Å². The Kier molecular flexibility index (Phi) is 7.39. The number of nitrogens with one attached hydrogen (secondary N) is 1. The number of hydrogen-bond donors (Lipinski definition) is 2. The van der Waals surface area contributed by atoms with E-state index in [0.29, 0.717) is 34.4 Å². The number of alkyl carbamates (subject to hydrolysis) is 1. The largest absolute Gasteiger partial charge is 0.487 e. The third kappa shape index (κ3) is 5.04. The first kappa shape index (κ1) is 29.3. The maximum absolute atomic E-state index is 13.8. The van der Waals surface area contributed by atoms with Crippen molar-refractivity contribution in [1.82, 2.24) is 5.32 Å². The van der Waals surface area contributed by atoms with Crippen LogP contribution >= 0.6 is 0 Å². The average molecular weight is 591 g/mol. The maximum Gasteiger partial charge on any atom is 0.407 e. The molecule has 0 aromatic heterocycles. The van der Waals surface area contributed by atoms with Gasteiger partial charge in [-0.25, -0.2) is 13.2 Å². The molecule has 0 saturated carbocycles. The Bertz CT molecular complexity index is 1700. The Labute approximate surface area is 245 Å². The molecule has 5 rings (SSSR count). The van der Waals surface area contributed by atoms with Crippen molar-refractivity contribution in [2.75, 3.05) is 6.61 Å². The molecule has 0 saturated heterocycles. The Morgan fingerprint density at radius 3 is 2.12 bits per heavy atom. The van der Waals surface area contributed by atoms with Gasteiger partial charge in [-0.2, -0.15) is 0 Å². The van der Waals surface area contributed by atoms with E-state index in [4.69, 9.17) is 15.2 Å². The first-order valence-electron chi connectivity index (χ1n) is 13.7. The lowest BCUT2D eigenvalue weighted by molar-refractivity contribution is -0.121. The fourth-order valence-electron chi connectivity index (χ4n) is 6.11. The molecule has 1 atom stereocenters. The van der Waals surface area contributed by atoms with Crippen LogP contribution in [0.25, 0.3) is 11.1 Å². The van der Waals surface area contributed by atoms with E-state index in [9.17, 15) is 22.8 Å². The number of fused-ring (bicyclic) bond motifs is 4. The summed E-state index contributed by atoms with van der Waals surface area (Å²) in [6.45, 7) is 8.75. The number of hydrogen-bond acceptors (Lipinski definition) is 7. The van der Waals surface area contributed by atoms with Crippen LogP contribution in [0.1, 0.15) is 59.6 Å². The molecule has 9 nitrogen and oxygen atoms in total. The summed E-state index contributed by atoms with van der Waals surface area (Å²) in [5.41, 5.74) is 11.0. The van der Waals surface area contributed by atoms with Gasteiger partial charge >= 0.3 is 6.09 Å². The number of amides is 2. The molecule has 3 aromatic carbocycles. The van der Waals surface area contributed by atoms with Crippen molar-refractivity contribution in [2.45, 2.75) is 69.9 Å². The second kappa shape index (κ2) is 10.6. The first-order chi connectivity index (χ1) is 19.7. The monoisotopic (exact) mass is 590 g/mol. The highest BCUT2D eigenvalue weighted by molar-refractivity contribution is 8.06. The minimum atomic E-state index is -4.66.